The molecule has 2 N–H and O–H groups in total. The molecule has 3 aromatic rings. The first-order valence-corrected chi connectivity index (χ1v) is 8.64. The van der Waals surface area contributed by atoms with Gasteiger partial charge in [-0.15, -0.1) is 0 Å². The second-order valence-corrected chi connectivity index (χ2v) is 6.72. The molecule has 0 amide bonds. The van der Waals surface area contributed by atoms with Gasteiger partial charge in [0.1, 0.15) is 11.3 Å². The number of fused-ring (bicyclic) bond motifs is 1. The molecule has 130 valence electrons. The summed E-state index contributed by atoms with van der Waals surface area (Å²) in [4.78, 5) is 9.12. The number of rotatable bonds is 6. The lowest BCUT2D eigenvalue weighted by Gasteiger charge is -2.14. The minimum atomic E-state index is 0.153. The molecule has 0 spiro atoms. The maximum Gasteiger partial charge on any atom is 0.229 e. The van der Waals surface area contributed by atoms with Gasteiger partial charge < -0.3 is 19.8 Å². The summed E-state index contributed by atoms with van der Waals surface area (Å²) in [5.41, 5.74) is 3.49. The number of nitrogens with zero attached hydrogens (tertiary/aromatic N) is 2. The van der Waals surface area contributed by atoms with Gasteiger partial charge in [0.05, 0.1) is 12.4 Å². The maximum absolute atomic E-state index is 5.79. The number of benzene rings is 1. The van der Waals surface area contributed by atoms with Crippen LogP contribution in [0.3, 0.4) is 0 Å². The van der Waals surface area contributed by atoms with Gasteiger partial charge in [-0.2, -0.15) is 4.98 Å². The van der Waals surface area contributed by atoms with Crippen LogP contribution in [-0.4, -0.2) is 22.1 Å². The van der Waals surface area contributed by atoms with E-state index >= 15 is 0 Å². The predicted molar refractivity (Wildman–Crippen MR) is 98.7 cm³/mol. The molecule has 25 heavy (non-hydrogen) atoms. The first-order valence-electron chi connectivity index (χ1n) is 8.64. The second-order valence-electron chi connectivity index (χ2n) is 6.72. The molecule has 0 unspecified atom stereocenters. The minimum absolute atomic E-state index is 0.153. The Balaban J connectivity index is 1.60. The lowest BCUT2D eigenvalue weighted by atomic mass is 10.2. The Bertz CT molecular complexity index is 900. The average Bonchev–Trinajstić information content (AvgIpc) is 3.24. The number of hydrogen-bond acceptors (Lipinski definition) is 6. The van der Waals surface area contributed by atoms with Crippen LogP contribution in [0.2, 0.25) is 0 Å². The molecule has 1 aliphatic rings. The van der Waals surface area contributed by atoms with Gasteiger partial charge in [-0.25, -0.2) is 4.98 Å². The Morgan fingerprint density at radius 1 is 1.20 bits per heavy atom. The summed E-state index contributed by atoms with van der Waals surface area (Å²) in [5.74, 6) is 2.19. The monoisotopic (exact) mass is 338 g/mol. The zero-order valence-corrected chi connectivity index (χ0v) is 14.7. The summed E-state index contributed by atoms with van der Waals surface area (Å²) < 4.78 is 11.3. The Morgan fingerprint density at radius 2 is 2.04 bits per heavy atom. The van der Waals surface area contributed by atoms with Gasteiger partial charge in [-0.3, -0.25) is 0 Å². The number of nitrogens with one attached hydrogen (secondary N) is 2. The summed E-state index contributed by atoms with van der Waals surface area (Å²) in [6.45, 7) is 6.07. The second kappa shape index (κ2) is 6.27. The van der Waals surface area contributed by atoms with Crippen molar-refractivity contribution in [1.29, 1.82) is 0 Å². The first kappa shape index (κ1) is 15.7. The lowest BCUT2D eigenvalue weighted by molar-refractivity contribution is 0.241. The zero-order chi connectivity index (χ0) is 17.4. The zero-order valence-electron chi connectivity index (χ0n) is 14.7. The fourth-order valence-electron chi connectivity index (χ4n) is 2.68. The maximum atomic E-state index is 5.79. The van der Waals surface area contributed by atoms with Crippen LogP contribution in [0.5, 0.6) is 5.75 Å². The number of ether oxygens (including phenoxy) is 1. The molecule has 2 heterocycles. The molecule has 0 radical (unpaired) electrons. The average molecular weight is 338 g/mol. The van der Waals surface area contributed by atoms with Crippen LogP contribution in [0.1, 0.15) is 32.3 Å². The highest BCUT2D eigenvalue weighted by Gasteiger charge is 2.23. The molecular weight excluding hydrogens is 316 g/mol. The van der Waals surface area contributed by atoms with E-state index in [1.165, 1.54) is 12.8 Å². The summed E-state index contributed by atoms with van der Waals surface area (Å²) in [7, 11) is 0. The van der Waals surface area contributed by atoms with E-state index in [-0.39, 0.29) is 6.10 Å². The Hall–Kier alpha value is -2.76. The van der Waals surface area contributed by atoms with Gasteiger partial charge in [0.15, 0.2) is 11.4 Å². The molecular formula is C19H22N4O2. The highest BCUT2D eigenvalue weighted by Crippen LogP contribution is 2.30. The molecule has 4 rings (SSSR count). The minimum Gasteiger partial charge on any atom is -0.491 e. The summed E-state index contributed by atoms with van der Waals surface area (Å²) in [5, 5.41) is 6.69. The van der Waals surface area contributed by atoms with Gasteiger partial charge in [-0.05, 0) is 57.4 Å². The van der Waals surface area contributed by atoms with Crippen LogP contribution in [0.25, 0.3) is 11.1 Å². The molecule has 1 saturated carbocycles. The van der Waals surface area contributed by atoms with Crippen LogP contribution in [0, 0.1) is 6.92 Å². The molecule has 0 bridgehead atoms. The molecule has 0 aliphatic heterocycles. The van der Waals surface area contributed by atoms with E-state index in [1.54, 1.807) is 6.26 Å². The van der Waals surface area contributed by atoms with E-state index in [0.717, 1.165) is 28.3 Å². The third-order valence-corrected chi connectivity index (χ3v) is 4.02. The van der Waals surface area contributed by atoms with Gasteiger partial charge >= 0.3 is 0 Å². The third kappa shape index (κ3) is 3.52. The first-order chi connectivity index (χ1) is 12.1. The van der Waals surface area contributed by atoms with E-state index in [1.807, 2.05) is 45.0 Å². The number of furan rings is 1. The summed E-state index contributed by atoms with van der Waals surface area (Å²) in [6.07, 6.45) is 4.14. The van der Waals surface area contributed by atoms with Crippen molar-refractivity contribution in [3.8, 4) is 5.75 Å². The van der Waals surface area contributed by atoms with E-state index in [2.05, 4.69) is 20.6 Å². The van der Waals surface area contributed by atoms with Gasteiger partial charge in [0.25, 0.3) is 0 Å². The van der Waals surface area contributed by atoms with E-state index in [0.29, 0.717) is 17.6 Å². The number of aromatic nitrogens is 2. The van der Waals surface area contributed by atoms with Gasteiger partial charge in [0.2, 0.25) is 5.95 Å². The van der Waals surface area contributed by atoms with Crippen molar-refractivity contribution in [3.63, 3.8) is 0 Å². The van der Waals surface area contributed by atoms with Crippen LogP contribution >= 0.6 is 0 Å². The van der Waals surface area contributed by atoms with Crippen molar-refractivity contribution in [2.24, 2.45) is 0 Å². The molecule has 0 atom stereocenters. The predicted octanol–water partition coefficient (Wildman–Crippen LogP) is 4.64. The third-order valence-electron chi connectivity index (χ3n) is 4.02. The fourth-order valence-corrected chi connectivity index (χ4v) is 2.68. The standard InChI is InChI=1S/C19H22N4O2/c1-11(2)25-16-7-6-14(10-12(16)3)21-19-22-15-8-9-24-17(15)18(23-19)20-13-4-5-13/h6-11,13H,4-5H2,1-3H3,(H2,20,21,22,23). The molecule has 1 fully saturated rings. The highest BCUT2D eigenvalue weighted by atomic mass is 16.5. The molecule has 1 aliphatic carbocycles. The van der Waals surface area contributed by atoms with Crippen LogP contribution < -0.4 is 15.4 Å². The SMILES string of the molecule is Cc1cc(Nc2nc(NC3CC3)c3occc3n2)ccc1OC(C)C. The normalized spacial score (nSPS) is 14.1. The molecule has 1 aromatic carbocycles. The number of anilines is 3. The van der Waals surface area contributed by atoms with Crippen molar-refractivity contribution in [2.45, 2.75) is 45.8 Å². The van der Waals surface area contributed by atoms with Crippen molar-refractivity contribution >= 4 is 28.6 Å². The van der Waals surface area contributed by atoms with Crippen molar-refractivity contribution in [2.75, 3.05) is 10.6 Å². The van der Waals surface area contributed by atoms with Crippen molar-refractivity contribution in [3.05, 3.63) is 36.1 Å². The summed E-state index contributed by atoms with van der Waals surface area (Å²) >= 11 is 0. The van der Waals surface area contributed by atoms with E-state index < -0.39 is 0 Å². The number of aryl methyl sites for hydroxylation is 1. The Labute approximate surface area is 146 Å². The van der Waals surface area contributed by atoms with Crippen molar-refractivity contribution in [1.82, 2.24) is 9.97 Å². The van der Waals surface area contributed by atoms with E-state index in [4.69, 9.17) is 9.15 Å². The van der Waals surface area contributed by atoms with Gasteiger partial charge in [-0.1, -0.05) is 0 Å². The highest BCUT2D eigenvalue weighted by molar-refractivity contribution is 5.85. The van der Waals surface area contributed by atoms with Gasteiger partial charge in [0, 0.05) is 17.8 Å². The van der Waals surface area contributed by atoms with E-state index in [9.17, 15) is 0 Å². The quantitative estimate of drug-likeness (QED) is 0.682. The molecule has 6 nitrogen and oxygen atoms in total. The Kier molecular flexibility index (Phi) is 3.95. The topological polar surface area (TPSA) is 72.2 Å². The fraction of sp³-hybridized carbons (Fsp3) is 0.368. The smallest absolute Gasteiger partial charge is 0.229 e. The molecule has 2 aromatic heterocycles. The Morgan fingerprint density at radius 3 is 2.76 bits per heavy atom. The summed E-state index contributed by atoms with van der Waals surface area (Å²) in [6, 6.07) is 8.32. The molecule has 0 saturated heterocycles. The van der Waals surface area contributed by atoms with Crippen molar-refractivity contribution < 1.29 is 9.15 Å². The van der Waals surface area contributed by atoms with Crippen LogP contribution in [0.15, 0.2) is 34.9 Å². The lowest BCUT2D eigenvalue weighted by Crippen LogP contribution is -2.07. The largest absolute Gasteiger partial charge is 0.491 e. The number of hydrogen-bond donors (Lipinski definition) is 2. The van der Waals surface area contributed by atoms with Crippen LogP contribution in [0.4, 0.5) is 17.5 Å². The molecule has 6 heteroatoms. The van der Waals surface area contributed by atoms with Crippen LogP contribution in [-0.2, 0) is 0 Å².